The van der Waals surface area contributed by atoms with Crippen LogP contribution in [0.1, 0.15) is 23.3 Å². The van der Waals surface area contributed by atoms with Crippen molar-refractivity contribution in [3.8, 4) is 0 Å². The first-order valence-corrected chi connectivity index (χ1v) is 7.60. The topological polar surface area (TPSA) is 36.4 Å². The highest BCUT2D eigenvalue weighted by molar-refractivity contribution is 7.16. The van der Waals surface area contributed by atoms with E-state index >= 15 is 0 Å². The number of aromatic nitrogens is 1. The van der Waals surface area contributed by atoms with Gasteiger partial charge in [0.2, 0.25) is 0 Å². The average Bonchev–Trinajstić information content (AvgIpc) is 2.68. The maximum absolute atomic E-state index is 9.25. The smallest absolute Gasteiger partial charge is 0.191 e. The van der Waals surface area contributed by atoms with E-state index in [1.54, 1.807) is 0 Å². The van der Waals surface area contributed by atoms with Crippen molar-refractivity contribution in [3.05, 3.63) is 39.9 Å². The summed E-state index contributed by atoms with van der Waals surface area (Å²) in [6.45, 7) is 0.901. The summed E-state index contributed by atoms with van der Waals surface area (Å²) in [6.07, 6.45) is 3.44. The Morgan fingerprint density at radius 1 is 1.32 bits per heavy atom. The van der Waals surface area contributed by atoms with Gasteiger partial charge in [-0.3, -0.25) is 0 Å². The Kier molecular flexibility index (Phi) is 3.73. The molecule has 0 saturated carbocycles. The summed E-state index contributed by atoms with van der Waals surface area (Å²) in [5, 5.41) is 10.5. The normalized spacial score (nSPS) is 15.2. The van der Waals surface area contributed by atoms with Gasteiger partial charge in [0.05, 0.1) is 11.5 Å². The first-order valence-electron chi connectivity index (χ1n) is 6.41. The maximum atomic E-state index is 9.25. The van der Waals surface area contributed by atoms with Crippen LogP contribution in [0.3, 0.4) is 0 Å². The molecule has 0 radical (unpaired) electrons. The third kappa shape index (κ3) is 2.48. The summed E-state index contributed by atoms with van der Waals surface area (Å²) >= 11 is 7.52. The van der Waals surface area contributed by atoms with Crippen LogP contribution < -0.4 is 4.90 Å². The van der Waals surface area contributed by atoms with Gasteiger partial charge in [-0.25, -0.2) is 4.98 Å². The van der Waals surface area contributed by atoms with Crippen LogP contribution in [-0.4, -0.2) is 16.6 Å². The van der Waals surface area contributed by atoms with Crippen molar-refractivity contribution >= 4 is 33.8 Å². The number of rotatable bonds is 2. The summed E-state index contributed by atoms with van der Waals surface area (Å²) < 4.78 is 0. The Morgan fingerprint density at radius 2 is 2.16 bits per heavy atom. The van der Waals surface area contributed by atoms with Crippen molar-refractivity contribution in [2.45, 2.75) is 25.9 Å². The van der Waals surface area contributed by atoms with Crippen LogP contribution >= 0.6 is 22.9 Å². The van der Waals surface area contributed by atoms with E-state index in [1.807, 2.05) is 0 Å². The number of aryl methyl sites for hydroxylation is 1. The van der Waals surface area contributed by atoms with Crippen LogP contribution in [0, 0.1) is 0 Å². The Bertz CT molecular complexity index is 585. The maximum Gasteiger partial charge on any atom is 0.191 e. The second-order valence-corrected chi connectivity index (χ2v) is 6.03. The predicted molar refractivity (Wildman–Crippen MR) is 79.4 cm³/mol. The Labute approximate surface area is 121 Å². The van der Waals surface area contributed by atoms with E-state index in [0.717, 1.165) is 29.4 Å². The summed E-state index contributed by atoms with van der Waals surface area (Å²) in [7, 11) is 0. The fourth-order valence-corrected chi connectivity index (χ4v) is 3.58. The quantitative estimate of drug-likeness (QED) is 0.916. The van der Waals surface area contributed by atoms with E-state index < -0.39 is 0 Å². The largest absolute Gasteiger partial charge is 0.391 e. The first kappa shape index (κ1) is 12.9. The van der Waals surface area contributed by atoms with E-state index in [2.05, 4.69) is 34.1 Å². The highest BCUT2D eigenvalue weighted by Crippen LogP contribution is 2.37. The molecule has 0 saturated heterocycles. The number of para-hydroxylation sites is 1. The third-order valence-electron chi connectivity index (χ3n) is 3.37. The van der Waals surface area contributed by atoms with Gasteiger partial charge in [0, 0.05) is 12.2 Å². The van der Waals surface area contributed by atoms with Crippen LogP contribution in [0.4, 0.5) is 10.8 Å². The van der Waals surface area contributed by atoms with E-state index in [9.17, 15) is 5.11 Å². The van der Waals surface area contributed by atoms with Gasteiger partial charge in [0.1, 0.15) is 5.15 Å². The number of aliphatic hydroxyl groups is 1. The predicted octanol–water partition coefficient (Wildman–Crippen LogP) is 3.76. The molecule has 2 aromatic rings. The van der Waals surface area contributed by atoms with Gasteiger partial charge in [0.25, 0.3) is 0 Å². The zero-order valence-corrected chi connectivity index (χ0v) is 12.0. The molecule has 0 aliphatic carbocycles. The van der Waals surface area contributed by atoms with E-state index in [-0.39, 0.29) is 6.61 Å². The zero-order chi connectivity index (χ0) is 13.2. The number of anilines is 2. The van der Waals surface area contributed by atoms with Crippen molar-refractivity contribution in [1.29, 1.82) is 0 Å². The van der Waals surface area contributed by atoms with Gasteiger partial charge < -0.3 is 10.0 Å². The van der Waals surface area contributed by atoms with Crippen LogP contribution in [0.25, 0.3) is 0 Å². The Hall–Kier alpha value is -1.10. The molecule has 0 unspecified atom stereocenters. The average molecular weight is 295 g/mol. The van der Waals surface area contributed by atoms with Crippen molar-refractivity contribution in [3.63, 3.8) is 0 Å². The number of thiazole rings is 1. The fraction of sp³-hybridized carbons (Fsp3) is 0.357. The molecule has 0 atom stereocenters. The number of hydrogen-bond acceptors (Lipinski definition) is 4. The number of aliphatic hydroxyl groups excluding tert-OH is 1. The van der Waals surface area contributed by atoms with Crippen LogP contribution in [-0.2, 0) is 13.0 Å². The number of benzene rings is 1. The molecule has 0 amide bonds. The number of hydrogen-bond donors (Lipinski definition) is 1. The minimum atomic E-state index is -0.0496. The Balaban J connectivity index is 2.03. The minimum Gasteiger partial charge on any atom is -0.391 e. The molecular formula is C14H15ClN2OS. The van der Waals surface area contributed by atoms with Gasteiger partial charge in [0.15, 0.2) is 5.13 Å². The lowest BCUT2D eigenvalue weighted by atomic mass is 10.1. The molecule has 5 heteroatoms. The molecule has 19 heavy (non-hydrogen) atoms. The molecule has 2 heterocycles. The SMILES string of the molecule is OCc1sc(N2CCCCc3ccccc32)nc1Cl. The third-order valence-corrected chi connectivity index (χ3v) is 4.86. The highest BCUT2D eigenvalue weighted by atomic mass is 35.5. The van der Waals surface area contributed by atoms with Crippen molar-refractivity contribution in [1.82, 2.24) is 4.98 Å². The van der Waals surface area contributed by atoms with Crippen LogP contribution in [0.15, 0.2) is 24.3 Å². The summed E-state index contributed by atoms with van der Waals surface area (Å²) in [5.41, 5.74) is 2.58. The molecule has 0 bridgehead atoms. The Morgan fingerprint density at radius 3 is 2.95 bits per heavy atom. The monoisotopic (exact) mass is 294 g/mol. The number of fused-ring (bicyclic) bond motifs is 1. The molecule has 1 N–H and O–H groups in total. The summed E-state index contributed by atoms with van der Waals surface area (Å²) in [4.78, 5) is 7.35. The van der Waals surface area contributed by atoms with E-state index in [0.29, 0.717) is 5.15 Å². The van der Waals surface area contributed by atoms with Gasteiger partial charge in [-0.15, -0.1) is 0 Å². The number of nitrogens with zero attached hydrogens (tertiary/aromatic N) is 2. The molecule has 3 rings (SSSR count). The zero-order valence-electron chi connectivity index (χ0n) is 10.5. The molecule has 100 valence electrons. The van der Waals surface area contributed by atoms with Gasteiger partial charge in [-0.1, -0.05) is 41.1 Å². The molecule has 3 nitrogen and oxygen atoms in total. The number of halogens is 1. The molecular weight excluding hydrogens is 280 g/mol. The fourth-order valence-electron chi connectivity index (χ4n) is 2.42. The van der Waals surface area contributed by atoms with Crippen molar-refractivity contribution < 1.29 is 5.11 Å². The van der Waals surface area contributed by atoms with Gasteiger partial charge in [-0.05, 0) is 30.9 Å². The molecule has 1 aromatic heterocycles. The molecule has 0 spiro atoms. The van der Waals surface area contributed by atoms with Crippen molar-refractivity contribution in [2.24, 2.45) is 0 Å². The van der Waals surface area contributed by atoms with Crippen LogP contribution in [0.2, 0.25) is 5.15 Å². The van der Waals surface area contributed by atoms with Gasteiger partial charge in [-0.2, -0.15) is 0 Å². The molecule has 1 aromatic carbocycles. The van der Waals surface area contributed by atoms with Gasteiger partial charge >= 0.3 is 0 Å². The molecule has 1 aliphatic rings. The van der Waals surface area contributed by atoms with Crippen molar-refractivity contribution in [2.75, 3.05) is 11.4 Å². The minimum absolute atomic E-state index is 0.0496. The molecule has 0 fully saturated rings. The first-order chi connectivity index (χ1) is 9.29. The standard InChI is InChI=1S/C14H15ClN2OS/c15-13-12(9-18)19-14(16-13)17-8-4-3-6-10-5-1-2-7-11(10)17/h1-2,5,7,18H,3-4,6,8-9H2. The van der Waals surface area contributed by atoms with Crippen LogP contribution in [0.5, 0.6) is 0 Å². The van der Waals surface area contributed by atoms with E-state index in [1.165, 1.54) is 29.0 Å². The second kappa shape index (κ2) is 5.49. The summed E-state index contributed by atoms with van der Waals surface area (Å²) in [6, 6.07) is 8.44. The lowest BCUT2D eigenvalue weighted by molar-refractivity contribution is 0.285. The summed E-state index contributed by atoms with van der Waals surface area (Å²) in [5.74, 6) is 0. The molecule has 1 aliphatic heterocycles. The lowest BCUT2D eigenvalue weighted by Gasteiger charge is -2.21. The van der Waals surface area contributed by atoms with E-state index in [4.69, 9.17) is 11.6 Å². The highest BCUT2D eigenvalue weighted by Gasteiger charge is 2.20. The second-order valence-electron chi connectivity index (χ2n) is 4.61. The lowest BCUT2D eigenvalue weighted by Crippen LogP contribution is -2.17.